The van der Waals surface area contributed by atoms with Crippen molar-refractivity contribution in [3.05, 3.63) is 71.7 Å². The zero-order chi connectivity index (χ0) is 18.5. The van der Waals surface area contributed by atoms with Crippen LogP contribution in [0.15, 0.2) is 54.9 Å². The van der Waals surface area contributed by atoms with Gasteiger partial charge in [0.25, 0.3) is 5.91 Å². The molecule has 0 aliphatic carbocycles. The molecule has 0 atom stereocenters. The Morgan fingerprint density at radius 2 is 1.73 bits per heavy atom. The summed E-state index contributed by atoms with van der Waals surface area (Å²) in [6, 6.07) is 12.0. The van der Waals surface area contributed by atoms with E-state index in [4.69, 9.17) is 0 Å². The summed E-state index contributed by atoms with van der Waals surface area (Å²) in [7, 11) is 3.17. The van der Waals surface area contributed by atoms with Crippen LogP contribution in [-0.2, 0) is 18.3 Å². The number of aryl methyl sites for hydroxylation is 1. The molecule has 0 radical (unpaired) electrons. The SMILES string of the molecule is COC(=O)c1ccc(C(=O)NCc2cc(-c3ccncc3)n(C)n2)cc1. The van der Waals surface area contributed by atoms with Gasteiger partial charge in [0, 0.05) is 30.6 Å². The predicted octanol–water partition coefficient (Wildman–Crippen LogP) is 2.20. The van der Waals surface area contributed by atoms with Crippen LogP contribution in [0.3, 0.4) is 0 Å². The average molecular weight is 350 g/mol. The van der Waals surface area contributed by atoms with Crippen LogP contribution in [0.25, 0.3) is 11.3 Å². The quantitative estimate of drug-likeness (QED) is 0.713. The summed E-state index contributed by atoms with van der Waals surface area (Å²) in [6.45, 7) is 0.302. The molecule has 7 nitrogen and oxygen atoms in total. The first-order valence-electron chi connectivity index (χ1n) is 7.98. The van der Waals surface area contributed by atoms with Gasteiger partial charge in [-0.05, 0) is 42.5 Å². The summed E-state index contributed by atoms with van der Waals surface area (Å²) in [6.07, 6.45) is 3.45. The van der Waals surface area contributed by atoms with E-state index in [2.05, 4.69) is 20.1 Å². The molecule has 2 aromatic heterocycles. The molecule has 0 unspecified atom stereocenters. The Hall–Kier alpha value is -3.48. The monoisotopic (exact) mass is 350 g/mol. The molecule has 0 aliphatic heterocycles. The maximum absolute atomic E-state index is 12.3. The van der Waals surface area contributed by atoms with Gasteiger partial charge >= 0.3 is 5.97 Å². The normalized spacial score (nSPS) is 10.4. The van der Waals surface area contributed by atoms with Gasteiger partial charge in [0.05, 0.1) is 30.6 Å². The summed E-state index contributed by atoms with van der Waals surface area (Å²) in [5.41, 5.74) is 3.56. The molecule has 7 heteroatoms. The van der Waals surface area contributed by atoms with Crippen molar-refractivity contribution >= 4 is 11.9 Å². The van der Waals surface area contributed by atoms with Gasteiger partial charge in [0.1, 0.15) is 0 Å². The predicted molar refractivity (Wildman–Crippen MR) is 95.4 cm³/mol. The number of esters is 1. The first kappa shape index (κ1) is 17.3. The third kappa shape index (κ3) is 3.77. The number of methoxy groups -OCH3 is 1. The number of nitrogens with zero attached hydrogens (tertiary/aromatic N) is 3. The summed E-state index contributed by atoms with van der Waals surface area (Å²) in [5, 5.41) is 7.25. The fraction of sp³-hybridized carbons (Fsp3) is 0.158. The number of aromatic nitrogens is 3. The van der Waals surface area contributed by atoms with Crippen molar-refractivity contribution in [3.8, 4) is 11.3 Å². The lowest BCUT2D eigenvalue weighted by Gasteiger charge is -2.04. The van der Waals surface area contributed by atoms with Gasteiger partial charge in [-0.3, -0.25) is 14.5 Å². The molecule has 1 N–H and O–H groups in total. The standard InChI is InChI=1S/C19H18N4O3/c1-23-17(13-7-9-20-10-8-13)11-16(22-23)12-21-18(24)14-3-5-15(6-4-14)19(25)26-2/h3-11H,12H2,1-2H3,(H,21,24). The highest BCUT2D eigenvalue weighted by Gasteiger charge is 2.11. The minimum absolute atomic E-state index is 0.238. The van der Waals surface area contributed by atoms with E-state index in [0.29, 0.717) is 17.7 Å². The maximum Gasteiger partial charge on any atom is 0.337 e. The van der Waals surface area contributed by atoms with E-state index in [9.17, 15) is 9.59 Å². The number of ether oxygens (including phenoxy) is 1. The van der Waals surface area contributed by atoms with E-state index >= 15 is 0 Å². The van der Waals surface area contributed by atoms with Crippen molar-refractivity contribution in [2.24, 2.45) is 7.05 Å². The molecule has 1 aromatic carbocycles. The van der Waals surface area contributed by atoms with Gasteiger partial charge in [0.15, 0.2) is 0 Å². The molecular formula is C19H18N4O3. The van der Waals surface area contributed by atoms with E-state index in [-0.39, 0.29) is 5.91 Å². The second kappa shape index (κ2) is 7.60. The third-order valence-electron chi connectivity index (χ3n) is 3.90. The number of hydrogen-bond donors (Lipinski definition) is 1. The van der Waals surface area contributed by atoms with E-state index in [1.54, 1.807) is 41.3 Å². The smallest absolute Gasteiger partial charge is 0.337 e. The number of benzene rings is 1. The van der Waals surface area contributed by atoms with Crippen molar-refractivity contribution in [1.29, 1.82) is 0 Å². The number of carbonyl (C=O) groups excluding carboxylic acids is 2. The molecule has 0 fully saturated rings. The number of pyridine rings is 1. The molecule has 0 saturated heterocycles. The minimum Gasteiger partial charge on any atom is -0.465 e. The van der Waals surface area contributed by atoms with Gasteiger partial charge < -0.3 is 10.1 Å². The lowest BCUT2D eigenvalue weighted by atomic mass is 10.1. The number of hydrogen-bond acceptors (Lipinski definition) is 5. The molecule has 3 rings (SSSR count). The van der Waals surface area contributed by atoms with Crippen LogP contribution < -0.4 is 5.32 Å². The summed E-state index contributed by atoms with van der Waals surface area (Å²) in [4.78, 5) is 27.7. The Morgan fingerprint density at radius 3 is 2.38 bits per heavy atom. The largest absolute Gasteiger partial charge is 0.465 e. The first-order chi connectivity index (χ1) is 12.6. The lowest BCUT2D eigenvalue weighted by molar-refractivity contribution is 0.0600. The Bertz CT molecular complexity index is 918. The van der Waals surface area contributed by atoms with Crippen molar-refractivity contribution in [3.63, 3.8) is 0 Å². The van der Waals surface area contributed by atoms with Crippen LogP contribution >= 0.6 is 0 Å². The molecule has 3 aromatic rings. The highest BCUT2D eigenvalue weighted by atomic mass is 16.5. The van der Waals surface area contributed by atoms with Crippen molar-refractivity contribution in [1.82, 2.24) is 20.1 Å². The van der Waals surface area contributed by atoms with Crippen LogP contribution in [0.1, 0.15) is 26.4 Å². The fourth-order valence-electron chi connectivity index (χ4n) is 2.55. The van der Waals surface area contributed by atoms with Gasteiger partial charge in [-0.25, -0.2) is 4.79 Å². The van der Waals surface area contributed by atoms with E-state index in [0.717, 1.165) is 17.0 Å². The Balaban J connectivity index is 1.66. The number of nitrogens with one attached hydrogen (secondary N) is 1. The van der Waals surface area contributed by atoms with Gasteiger partial charge in [-0.2, -0.15) is 5.10 Å². The van der Waals surface area contributed by atoms with E-state index < -0.39 is 5.97 Å². The second-order valence-corrected chi connectivity index (χ2v) is 5.63. The van der Waals surface area contributed by atoms with Gasteiger partial charge in [0.2, 0.25) is 0 Å². The summed E-state index contributed by atoms with van der Waals surface area (Å²) >= 11 is 0. The number of amides is 1. The second-order valence-electron chi connectivity index (χ2n) is 5.63. The minimum atomic E-state index is -0.436. The Kier molecular flexibility index (Phi) is 5.07. The molecule has 0 aliphatic rings. The van der Waals surface area contributed by atoms with Crippen LogP contribution in [0, 0.1) is 0 Å². The Labute approximate surface area is 150 Å². The molecule has 132 valence electrons. The molecular weight excluding hydrogens is 332 g/mol. The van der Waals surface area contributed by atoms with Crippen LogP contribution in [0.4, 0.5) is 0 Å². The zero-order valence-electron chi connectivity index (χ0n) is 14.5. The van der Waals surface area contributed by atoms with Crippen LogP contribution in [-0.4, -0.2) is 33.8 Å². The molecule has 26 heavy (non-hydrogen) atoms. The lowest BCUT2D eigenvalue weighted by Crippen LogP contribution is -2.23. The average Bonchev–Trinajstić information content (AvgIpc) is 3.07. The van der Waals surface area contributed by atoms with Crippen LogP contribution in [0.5, 0.6) is 0 Å². The molecule has 0 saturated carbocycles. The molecule has 0 spiro atoms. The van der Waals surface area contributed by atoms with Gasteiger partial charge in [-0.15, -0.1) is 0 Å². The van der Waals surface area contributed by atoms with E-state index in [1.165, 1.54) is 7.11 Å². The number of rotatable bonds is 5. The van der Waals surface area contributed by atoms with Crippen LogP contribution in [0.2, 0.25) is 0 Å². The first-order valence-corrected chi connectivity index (χ1v) is 7.98. The number of carbonyl (C=O) groups is 2. The molecule has 0 bridgehead atoms. The van der Waals surface area contributed by atoms with Crippen molar-refractivity contribution < 1.29 is 14.3 Å². The van der Waals surface area contributed by atoms with E-state index in [1.807, 2.05) is 25.2 Å². The topological polar surface area (TPSA) is 86.1 Å². The summed E-state index contributed by atoms with van der Waals surface area (Å²) < 4.78 is 6.40. The summed E-state index contributed by atoms with van der Waals surface area (Å²) in [5.74, 6) is -0.674. The van der Waals surface area contributed by atoms with Crippen molar-refractivity contribution in [2.45, 2.75) is 6.54 Å². The fourth-order valence-corrected chi connectivity index (χ4v) is 2.55. The molecule has 1 amide bonds. The zero-order valence-corrected chi connectivity index (χ0v) is 14.5. The highest BCUT2D eigenvalue weighted by molar-refractivity contribution is 5.96. The highest BCUT2D eigenvalue weighted by Crippen LogP contribution is 2.18. The molecule has 2 heterocycles. The maximum atomic E-state index is 12.3. The van der Waals surface area contributed by atoms with Gasteiger partial charge in [-0.1, -0.05) is 0 Å². The van der Waals surface area contributed by atoms with Crippen molar-refractivity contribution in [2.75, 3.05) is 7.11 Å². The third-order valence-corrected chi connectivity index (χ3v) is 3.90. The Morgan fingerprint density at radius 1 is 1.08 bits per heavy atom.